The van der Waals surface area contributed by atoms with Crippen LogP contribution in [0, 0.1) is 12.7 Å². The molecule has 3 aromatic rings. The summed E-state index contributed by atoms with van der Waals surface area (Å²) in [6.07, 6.45) is 6.52. The molecule has 0 bridgehead atoms. The lowest BCUT2D eigenvalue weighted by Crippen LogP contribution is -2.08. The van der Waals surface area contributed by atoms with E-state index in [1.807, 2.05) is 13.8 Å². The van der Waals surface area contributed by atoms with Gasteiger partial charge >= 0.3 is 5.76 Å². The monoisotopic (exact) mass is 447 g/mol. The predicted octanol–water partition coefficient (Wildman–Crippen LogP) is 5.52. The predicted molar refractivity (Wildman–Crippen MR) is 115 cm³/mol. The number of nitrogens with zero attached hydrogens (tertiary/aromatic N) is 2. The van der Waals surface area contributed by atoms with Crippen LogP contribution in [0.25, 0.3) is 11.4 Å². The van der Waals surface area contributed by atoms with Gasteiger partial charge in [-0.1, -0.05) is 31.3 Å². The van der Waals surface area contributed by atoms with Crippen LogP contribution in [0.5, 0.6) is 11.5 Å². The summed E-state index contributed by atoms with van der Waals surface area (Å²) in [5.41, 5.74) is 1.22. The van der Waals surface area contributed by atoms with Crippen molar-refractivity contribution in [2.24, 2.45) is 0 Å². The Morgan fingerprint density at radius 2 is 2.06 bits per heavy atom. The molecule has 0 spiro atoms. The van der Waals surface area contributed by atoms with Crippen molar-refractivity contribution >= 4 is 11.3 Å². The number of thiazole rings is 1. The van der Waals surface area contributed by atoms with E-state index in [9.17, 15) is 9.18 Å². The molecule has 7 nitrogen and oxygen atoms in total. The summed E-state index contributed by atoms with van der Waals surface area (Å²) in [6, 6.07) is 2.69. The standard InChI is InChI=1S/C22H26FN3O4S/c1-4-16(19-12(2)24-21(31-19)13-8-6-5-7-9-13)29-18-11-17(28-3)14(10-15(18)23)20-25-22(27)30-26-20/h10-11,13,16H,4-9H2,1-3H3,(H,25,26,27). The van der Waals surface area contributed by atoms with E-state index in [0.29, 0.717) is 18.1 Å². The molecule has 1 N–H and O–H groups in total. The van der Waals surface area contributed by atoms with Crippen molar-refractivity contribution < 1.29 is 18.4 Å². The molecule has 2 aromatic heterocycles. The lowest BCUT2D eigenvalue weighted by molar-refractivity contribution is 0.194. The highest BCUT2D eigenvalue weighted by Crippen LogP contribution is 2.41. The average molecular weight is 448 g/mol. The number of nitrogens with one attached hydrogen (secondary N) is 1. The minimum atomic E-state index is -0.724. The van der Waals surface area contributed by atoms with Crippen LogP contribution in [0.2, 0.25) is 0 Å². The maximum Gasteiger partial charge on any atom is 0.439 e. The smallest absolute Gasteiger partial charge is 0.439 e. The van der Waals surface area contributed by atoms with E-state index >= 15 is 0 Å². The molecule has 4 rings (SSSR count). The van der Waals surface area contributed by atoms with Crippen LogP contribution in [0.3, 0.4) is 0 Å². The fourth-order valence-electron chi connectivity index (χ4n) is 4.05. The fourth-order valence-corrected chi connectivity index (χ4v) is 5.40. The summed E-state index contributed by atoms with van der Waals surface area (Å²) in [7, 11) is 1.46. The Bertz CT molecular complexity index is 1100. The summed E-state index contributed by atoms with van der Waals surface area (Å²) >= 11 is 1.68. The molecule has 1 aromatic carbocycles. The van der Waals surface area contributed by atoms with Crippen LogP contribution in [-0.4, -0.2) is 22.2 Å². The number of methoxy groups -OCH3 is 1. The van der Waals surface area contributed by atoms with E-state index < -0.39 is 11.6 Å². The molecule has 1 atom stereocenters. The Balaban J connectivity index is 1.61. The molecule has 0 saturated heterocycles. The van der Waals surface area contributed by atoms with Crippen LogP contribution in [0.15, 0.2) is 21.5 Å². The lowest BCUT2D eigenvalue weighted by Gasteiger charge is -2.20. The highest BCUT2D eigenvalue weighted by atomic mass is 32.1. The van der Waals surface area contributed by atoms with Gasteiger partial charge in [0.2, 0.25) is 0 Å². The molecular weight excluding hydrogens is 421 g/mol. The van der Waals surface area contributed by atoms with Gasteiger partial charge in [0, 0.05) is 12.0 Å². The average Bonchev–Trinajstić information content (AvgIpc) is 3.39. The number of aromatic amines is 1. The normalized spacial score (nSPS) is 15.7. The molecule has 0 radical (unpaired) electrons. The van der Waals surface area contributed by atoms with Crippen molar-refractivity contribution in [1.29, 1.82) is 0 Å². The zero-order chi connectivity index (χ0) is 22.0. The number of hydrogen-bond acceptors (Lipinski definition) is 7. The second kappa shape index (κ2) is 9.21. The topological polar surface area (TPSA) is 90.2 Å². The number of aromatic nitrogens is 3. The van der Waals surface area contributed by atoms with Crippen molar-refractivity contribution in [3.63, 3.8) is 0 Å². The third-order valence-electron chi connectivity index (χ3n) is 5.69. The molecule has 2 heterocycles. The first-order chi connectivity index (χ1) is 15.0. The SMILES string of the molecule is CCC(Oc1cc(OC)c(-c2noc(=O)[nH]2)cc1F)c1sc(C2CCCCC2)nc1C. The second-order valence-corrected chi connectivity index (χ2v) is 8.84. The summed E-state index contributed by atoms with van der Waals surface area (Å²) in [6.45, 7) is 4.00. The van der Waals surface area contributed by atoms with E-state index in [-0.39, 0.29) is 23.2 Å². The van der Waals surface area contributed by atoms with Crippen LogP contribution in [0.1, 0.15) is 73.0 Å². The summed E-state index contributed by atoms with van der Waals surface area (Å²) in [4.78, 5) is 19.5. The maximum atomic E-state index is 14.9. The first kappa shape index (κ1) is 21.5. The van der Waals surface area contributed by atoms with Crippen molar-refractivity contribution in [2.75, 3.05) is 7.11 Å². The summed E-state index contributed by atoms with van der Waals surface area (Å²) < 4.78 is 30.9. The van der Waals surface area contributed by atoms with Crippen LogP contribution >= 0.6 is 11.3 Å². The fraction of sp³-hybridized carbons (Fsp3) is 0.500. The Morgan fingerprint density at radius 3 is 2.71 bits per heavy atom. The number of hydrogen-bond donors (Lipinski definition) is 1. The number of rotatable bonds is 7. The van der Waals surface area contributed by atoms with Crippen LogP contribution in [0.4, 0.5) is 4.39 Å². The van der Waals surface area contributed by atoms with E-state index in [1.54, 1.807) is 11.3 Å². The minimum Gasteiger partial charge on any atom is -0.496 e. The lowest BCUT2D eigenvalue weighted by atomic mass is 9.90. The molecule has 166 valence electrons. The third-order valence-corrected chi connectivity index (χ3v) is 7.10. The molecule has 1 saturated carbocycles. The van der Waals surface area contributed by atoms with Crippen molar-refractivity contribution in [3.05, 3.63) is 44.1 Å². The molecule has 1 aliphatic rings. The number of ether oxygens (including phenoxy) is 2. The van der Waals surface area contributed by atoms with Crippen molar-refractivity contribution in [1.82, 2.24) is 15.1 Å². The van der Waals surface area contributed by atoms with Gasteiger partial charge in [0.25, 0.3) is 0 Å². The molecule has 0 aliphatic heterocycles. The van der Waals surface area contributed by atoms with E-state index in [1.165, 1.54) is 51.3 Å². The third kappa shape index (κ3) is 4.51. The van der Waals surface area contributed by atoms with Crippen molar-refractivity contribution in [2.45, 2.75) is 64.4 Å². The molecule has 1 aliphatic carbocycles. The largest absolute Gasteiger partial charge is 0.496 e. The van der Waals surface area contributed by atoms with Gasteiger partial charge in [-0.3, -0.25) is 9.51 Å². The maximum absolute atomic E-state index is 14.9. The Labute approximate surface area is 183 Å². The summed E-state index contributed by atoms with van der Waals surface area (Å²) in [5, 5.41) is 4.78. The molecule has 1 fully saturated rings. The second-order valence-electron chi connectivity index (χ2n) is 7.78. The van der Waals surface area contributed by atoms with E-state index in [4.69, 9.17) is 14.5 Å². The molecule has 1 unspecified atom stereocenters. The highest BCUT2D eigenvalue weighted by Gasteiger charge is 2.25. The van der Waals surface area contributed by atoms with Gasteiger partial charge in [-0.05, 0) is 32.3 Å². The summed E-state index contributed by atoms with van der Waals surface area (Å²) in [5.74, 6) is -0.296. The quantitative estimate of drug-likeness (QED) is 0.513. The van der Waals surface area contributed by atoms with Gasteiger partial charge in [-0.15, -0.1) is 11.3 Å². The highest BCUT2D eigenvalue weighted by molar-refractivity contribution is 7.11. The number of benzene rings is 1. The van der Waals surface area contributed by atoms with E-state index in [2.05, 4.69) is 14.7 Å². The Kier molecular flexibility index (Phi) is 6.41. The molecule has 9 heteroatoms. The number of aryl methyl sites for hydroxylation is 1. The van der Waals surface area contributed by atoms with Crippen LogP contribution in [-0.2, 0) is 0 Å². The van der Waals surface area contributed by atoms with E-state index in [0.717, 1.165) is 15.6 Å². The first-order valence-electron chi connectivity index (χ1n) is 10.6. The van der Waals surface area contributed by atoms with Crippen molar-refractivity contribution in [3.8, 4) is 22.9 Å². The zero-order valence-corrected chi connectivity index (χ0v) is 18.7. The van der Waals surface area contributed by atoms with Gasteiger partial charge in [0.1, 0.15) is 11.9 Å². The van der Waals surface area contributed by atoms with Gasteiger partial charge in [0.05, 0.1) is 28.3 Å². The minimum absolute atomic E-state index is 0.0744. The van der Waals surface area contributed by atoms with Gasteiger partial charge in [0.15, 0.2) is 17.4 Å². The molecular formula is C22H26FN3O4S. The first-order valence-corrected chi connectivity index (χ1v) is 11.4. The molecule has 0 amide bonds. The van der Waals surface area contributed by atoms with Crippen LogP contribution < -0.4 is 15.2 Å². The Hall–Kier alpha value is -2.68. The zero-order valence-electron chi connectivity index (χ0n) is 17.9. The number of H-pyrrole nitrogens is 1. The molecule has 31 heavy (non-hydrogen) atoms. The van der Waals surface area contributed by atoms with Gasteiger partial charge in [-0.2, -0.15) is 0 Å². The van der Waals surface area contributed by atoms with Gasteiger partial charge in [-0.25, -0.2) is 14.2 Å². The van der Waals surface area contributed by atoms with Gasteiger partial charge < -0.3 is 9.47 Å². The number of halogens is 1. The Morgan fingerprint density at radius 1 is 1.29 bits per heavy atom.